The maximum Gasteiger partial charge on any atom is 0.316 e. The van der Waals surface area contributed by atoms with E-state index in [1.54, 1.807) is 12.1 Å². The van der Waals surface area contributed by atoms with Gasteiger partial charge < -0.3 is 25.6 Å². The largest absolute Gasteiger partial charge is 0.482 e. The van der Waals surface area contributed by atoms with Crippen molar-refractivity contribution in [1.82, 2.24) is 9.80 Å². The summed E-state index contributed by atoms with van der Waals surface area (Å²) in [6, 6.07) is 10.8. The molecular weight excluding hydrogens is 495 g/mol. The molecule has 1 saturated heterocycles. The first kappa shape index (κ1) is 28.7. The van der Waals surface area contributed by atoms with Crippen molar-refractivity contribution < 1.29 is 18.7 Å². The predicted molar refractivity (Wildman–Crippen MR) is 146 cm³/mol. The molecule has 1 aliphatic heterocycles. The first-order chi connectivity index (χ1) is 17.7. The Morgan fingerprint density at radius 3 is 2.35 bits per heavy atom. The normalized spacial score (nSPS) is 15.0. The summed E-state index contributed by atoms with van der Waals surface area (Å²) >= 11 is 6.01. The molecule has 9 heteroatoms. The van der Waals surface area contributed by atoms with Crippen LogP contribution in [0.5, 0.6) is 5.75 Å². The number of carbonyl (C=O) groups is 2. The molecule has 7 nitrogen and oxygen atoms in total. The van der Waals surface area contributed by atoms with Crippen molar-refractivity contribution in [2.45, 2.75) is 46.0 Å². The minimum atomic E-state index is -0.743. The Balaban J connectivity index is 1.66. The first-order valence-electron chi connectivity index (χ1n) is 13.0. The third-order valence-electron chi connectivity index (χ3n) is 6.86. The predicted octanol–water partition coefficient (Wildman–Crippen LogP) is 5.32. The molecule has 0 bridgehead atoms. The van der Waals surface area contributed by atoms with Crippen molar-refractivity contribution in [2.24, 2.45) is 11.1 Å². The molecule has 0 saturated carbocycles. The number of amides is 3. The molecule has 3 rings (SSSR count). The van der Waals surface area contributed by atoms with Crippen LogP contribution in [0.2, 0.25) is 5.02 Å². The van der Waals surface area contributed by atoms with E-state index < -0.39 is 6.03 Å². The number of ether oxygens (including phenoxy) is 1. The fraction of sp³-hybridized carbons (Fsp3) is 0.500. The summed E-state index contributed by atoms with van der Waals surface area (Å²) < 4.78 is 19.2. The van der Waals surface area contributed by atoms with Crippen LogP contribution in [-0.4, -0.2) is 61.1 Å². The molecule has 2 aromatic rings. The van der Waals surface area contributed by atoms with Gasteiger partial charge in [0.1, 0.15) is 11.6 Å². The number of nitrogens with two attached hydrogens (primary N) is 1. The summed E-state index contributed by atoms with van der Waals surface area (Å²) in [6.07, 6.45) is 4.74. The number of piperidine rings is 1. The summed E-state index contributed by atoms with van der Waals surface area (Å²) in [4.78, 5) is 28.7. The van der Waals surface area contributed by atoms with Crippen LogP contribution in [0.4, 0.5) is 14.9 Å². The number of carbonyl (C=O) groups excluding carboxylic acids is 2. The number of rotatable bonds is 12. The van der Waals surface area contributed by atoms with Crippen molar-refractivity contribution in [1.29, 1.82) is 0 Å². The van der Waals surface area contributed by atoms with E-state index in [1.807, 2.05) is 17.0 Å². The highest BCUT2D eigenvalue weighted by molar-refractivity contribution is 6.31. The zero-order valence-corrected chi connectivity index (χ0v) is 22.5. The van der Waals surface area contributed by atoms with Crippen LogP contribution < -0.4 is 15.8 Å². The third kappa shape index (κ3) is 8.61. The summed E-state index contributed by atoms with van der Waals surface area (Å²) in [5.74, 6) is -0.0185. The van der Waals surface area contributed by atoms with E-state index in [0.717, 1.165) is 57.3 Å². The molecule has 0 aliphatic carbocycles. The molecule has 0 aromatic heterocycles. The number of anilines is 1. The standard InChI is InChI=1S/C28H38ClFN4O3/c1-3-13-33(14-4-2)20-28(18-21-5-8-23(30)9-6-21)11-15-34(16-12-28)26(35)19-37-25-10-7-22(29)17-24(25)32-27(31)36/h5-10,17H,3-4,11-16,18-20H2,1-2H3,(H3,31,32,36). The van der Waals surface area contributed by atoms with Gasteiger partial charge in [-0.25, -0.2) is 9.18 Å². The van der Waals surface area contributed by atoms with E-state index in [9.17, 15) is 14.0 Å². The molecule has 0 radical (unpaired) electrons. The van der Waals surface area contributed by atoms with Gasteiger partial charge in [0.2, 0.25) is 0 Å². The SMILES string of the molecule is CCCN(CCC)CC1(Cc2ccc(F)cc2)CCN(C(=O)COc2ccc(Cl)cc2NC(N)=O)CC1. The Morgan fingerprint density at radius 1 is 1.11 bits per heavy atom. The van der Waals surface area contributed by atoms with Gasteiger partial charge in [-0.3, -0.25) is 4.79 Å². The average molecular weight is 533 g/mol. The van der Waals surface area contributed by atoms with Gasteiger partial charge >= 0.3 is 6.03 Å². The first-order valence-corrected chi connectivity index (χ1v) is 13.3. The molecule has 1 heterocycles. The summed E-state index contributed by atoms with van der Waals surface area (Å²) in [5, 5.41) is 2.88. The maximum atomic E-state index is 13.5. The Morgan fingerprint density at radius 2 is 1.76 bits per heavy atom. The molecule has 202 valence electrons. The van der Waals surface area contributed by atoms with Crippen LogP contribution in [-0.2, 0) is 11.2 Å². The molecule has 0 atom stereocenters. The van der Waals surface area contributed by atoms with Gasteiger partial charge in [-0.2, -0.15) is 0 Å². The molecule has 0 spiro atoms. The summed E-state index contributed by atoms with van der Waals surface area (Å²) in [5.41, 5.74) is 6.68. The van der Waals surface area contributed by atoms with Crippen molar-refractivity contribution >= 4 is 29.2 Å². The molecule has 3 amide bonds. The number of nitrogens with one attached hydrogen (secondary N) is 1. The van der Waals surface area contributed by atoms with E-state index >= 15 is 0 Å². The van der Waals surface area contributed by atoms with Crippen LogP contribution in [0.25, 0.3) is 0 Å². The summed E-state index contributed by atoms with van der Waals surface area (Å²) in [6.45, 7) is 8.53. The summed E-state index contributed by atoms with van der Waals surface area (Å²) in [7, 11) is 0. The van der Waals surface area contributed by atoms with Gasteiger partial charge in [-0.15, -0.1) is 0 Å². The van der Waals surface area contributed by atoms with E-state index in [2.05, 4.69) is 24.1 Å². The molecular formula is C28H38ClFN4O3. The molecule has 37 heavy (non-hydrogen) atoms. The quantitative estimate of drug-likeness (QED) is 0.387. The smallest absolute Gasteiger partial charge is 0.316 e. The zero-order valence-electron chi connectivity index (χ0n) is 21.8. The van der Waals surface area contributed by atoms with Crippen molar-refractivity contribution in [3.8, 4) is 5.75 Å². The fourth-order valence-corrected chi connectivity index (χ4v) is 5.29. The van der Waals surface area contributed by atoms with Gasteiger partial charge in [-0.05, 0) is 86.5 Å². The Hall–Kier alpha value is -2.84. The second-order valence-electron chi connectivity index (χ2n) is 9.88. The zero-order chi connectivity index (χ0) is 26.8. The van der Waals surface area contributed by atoms with Crippen LogP contribution in [0.3, 0.4) is 0 Å². The lowest BCUT2D eigenvalue weighted by Gasteiger charge is -2.45. The van der Waals surface area contributed by atoms with E-state index in [0.29, 0.717) is 29.5 Å². The lowest BCUT2D eigenvalue weighted by Crippen LogP contribution is -2.50. The number of nitrogens with zero attached hydrogens (tertiary/aromatic N) is 2. The Bertz CT molecular complexity index is 1040. The molecule has 3 N–H and O–H groups in total. The van der Waals surface area contributed by atoms with Gasteiger partial charge in [0.15, 0.2) is 6.61 Å². The average Bonchev–Trinajstić information content (AvgIpc) is 2.85. The molecule has 1 aliphatic rings. The van der Waals surface area contributed by atoms with Gasteiger partial charge in [-0.1, -0.05) is 37.6 Å². The number of hydrogen-bond donors (Lipinski definition) is 2. The lowest BCUT2D eigenvalue weighted by molar-refractivity contribution is -0.136. The fourth-order valence-electron chi connectivity index (χ4n) is 5.12. The van der Waals surface area contributed by atoms with Crippen LogP contribution in [0, 0.1) is 11.2 Å². The topological polar surface area (TPSA) is 87.9 Å². The minimum absolute atomic E-state index is 0.00849. The van der Waals surface area contributed by atoms with Gasteiger partial charge in [0.25, 0.3) is 5.91 Å². The molecule has 1 fully saturated rings. The van der Waals surface area contributed by atoms with Crippen molar-refractivity contribution in [3.63, 3.8) is 0 Å². The lowest BCUT2D eigenvalue weighted by atomic mass is 9.73. The van der Waals surface area contributed by atoms with Gasteiger partial charge in [0, 0.05) is 24.7 Å². The minimum Gasteiger partial charge on any atom is -0.482 e. The molecule has 2 aromatic carbocycles. The third-order valence-corrected chi connectivity index (χ3v) is 7.09. The monoisotopic (exact) mass is 532 g/mol. The molecule has 0 unspecified atom stereocenters. The number of halogens is 2. The van der Waals surface area contributed by atoms with Crippen LogP contribution >= 0.6 is 11.6 Å². The highest BCUT2D eigenvalue weighted by atomic mass is 35.5. The van der Waals surface area contributed by atoms with Crippen molar-refractivity contribution in [2.75, 3.05) is 44.6 Å². The highest BCUT2D eigenvalue weighted by Gasteiger charge is 2.37. The van der Waals surface area contributed by atoms with Gasteiger partial charge in [0.05, 0.1) is 5.69 Å². The van der Waals surface area contributed by atoms with E-state index in [-0.39, 0.29) is 23.7 Å². The Kier molecular flexibility index (Phi) is 10.6. The number of primary amides is 1. The maximum absolute atomic E-state index is 13.5. The van der Waals surface area contributed by atoms with E-state index in [4.69, 9.17) is 22.1 Å². The number of urea groups is 1. The Labute approximate surface area is 224 Å². The second kappa shape index (κ2) is 13.6. The van der Waals surface area contributed by atoms with Crippen LogP contribution in [0.15, 0.2) is 42.5 Å². The highest BCUT2D eigenvalue weighted by Crippen LogP contribution is 2.37. The van der Waals surface area contributed by atoms with E-state index in [1.165, 1.54) is 18.2 Å². The number of likely N-dealkylation sites (tertiary alicyclic amines) is 1. The van der Waals surface area contributed by atoms with Crippen molar-refractivity contribution in [3.05, 3.63) is 58.9 Å². The van der Waals surface area contributed by atoms with Crippen LogP contribution in [0.1, 0.15) is 45.1 Å². The second-order valence-corrected chi connectivity index (χ2v) is 10.3. The number of benzene rings is 2. The number of hydrogen-bond acceptors (Lipinski definition) is 4.